The van der Waals surface area contributed by atoms with Gasteiger partial charge in [0.05, 0.1) is 17.1 Å². The second kappa shape index (κ2) is 8.37. The number of para-hydroxylation sites is 1. The Morgan fingerprint density at radius 3 is 2.64 bits per heavy atom. The molecule has 2 heterocycles. The Balaban J connectivity index is 1.60. The Hall–Kier alpha value is -2.97. The Morgan fingerprint density at radius 1 is 1.14 bits per heavy atom. The first-order valence-electron chi connectivity index (χ1n) is 8.60. The molecule has 6 nitrogen and oxygen atoms in total. The van der Waals surface area contributed by atoms with E-state index in [1.165, 1.54) is 28.7 Å². The van der Waals surface area contributed by atoms with Gasteiger partial charge in [0.1, 0.15) is 11.3 Å². The lowest BCUT2D eigenvalue weighted by Crippen LogP contribution is -2.16. The number of carbonyl (C=O) groups excluding carboxylic acids is 1. The van der Waals surface area contributed by atoms with E-state index in [1.807, 2.05) is 67.6 Å². The molecule has 8 heteroatoms. The molecule has 4 aromatic rings. The van der Waals surface area contributed by atoms with E-state index in [2.05, 4.69) is 15.5 Å². The van der Waals surface area contributed by atoms with Crippen molar-refractivity contribution < 1.29 is 4.79 Å². The number of anilines is 1. The number of aryl methyl sites for hydroxylation is 1. The number of aromatic nitrogens is 4. The zero-order valence-corrected chi connectivity index (χ0v) is 16.7. The predicted octanol–water partition coefficient (Wildman–Crippen LogP) is 4.43. The second-order valence-electron chi connectivity index (χ2n) is 6.07. The Bertz CT molecular complexity index is 1060. The molecule has 0 fully saturated rings. The maximum Gasteiger partial charge on any atom is 0.235 e. The number of nitrogens with zero attached hydrogens (tertiary/aromatic N) is 4. The summed E-state index contributed by atoms with van der Waals surface area (Å²) in [7, 11) is 0. The van der Waals surface area contributed by atoms with Gasteiger partial charge < -0.3 is 5.32 Å². The molecule has 0 radical (unpaired) electrons. The third kappa shape index (κ3) is 4.29. The molecule has 0 bridgehead atoms. The molecular weight excluding hydrogens is 390 g/mol. The number of hydrogen-bond acceptors (Lipinski definition) is 6. The quantitative estimate of drug-likeness (QED) is 0.479. The van der Waals surface area contributed by atoms with Crippen molar-refractivity contribution in [2.45, 2.75) is 11.3 Å². The van der Waals surface area contributed by atoms with Gasteiger partial charge in [0, 0.05) is 11.6 Å². The summed E-state index contributed by atoms with van der Waals surface area (Å²) >= 11 is 2.78. The number of amides is 1. The smallest absolute Gasteiger partial charge is 0.235 e. The van der Waals surface area contributed by atoms with Crippen molar-refractivity contribution in [3.8, 4) is 16.9 Å². The summed E-state index contributed by atoms with van der Waals surface area (Å²) in [6.45, 7) is 2.05. The third-order valence-electron chi connectivity index (χ3n) is 3.99. The van der Waals surface area contributed by atoms with E-state index in [4.69, 9.17) is 5.10 Å². The lowest BCUT2D eigenvalue weighted by molar-refractivity contribution is -0.113. The van der Waals surface area contributed by atoms with Crippen molar-refractivity contribution in [3.63, 3.8) is 0 Å². The van der Waals surface area contributed by atoms with Crippen LogP contribution >= 0.6 is 23.1 Å². The van der Waals surface area contributed by atoms with Crippen molar-refractivity contribution >= 4 is 34.8 Å². The maximum atomic E-state index is 12.5. The van der Waals surface area contributed by atoms with Crippen molar-refractivity contribution in [1.29, 1.82) is 0 Å². The van der Waals surface area contributed by atoms with Crippen LogP contribution in [-0.4, -0.2) is 31.6 Å². The minimum atomic E-state index is -0.118. The van der Waals surface area contributed by atoms with Gasteiger partial charge in [-0.3, -0.25) is 4.79 Å². The molecule has 4 rings (SSSR count). The average molecular weight is 408 g/mol. The summed E-state index contributed by atoms with van der Waals surface area (Å²) in [5.41, 5.74) is 5.52. The maximum absolute atomic E-state index is 12.5. The molecule has 28 heavy (non-hydrogen) atoms. The molecule has 1 N–H and O–H groups in total. The standard InChI is InChI=1S/C20H17N5OS2/c1-14-7-9-15(10-8-14)17-11-18(25(24-17)16-5-3-2-4-6-16)22-19(26)12-27-20-23-21-13-28-20/h2-11,13H,12H2,1H3,(H,22,26). The Labute approximate surface area is 170 Å². The lowest BCUT2D eigenvalue weighted by Gasteiger charge is -2.08. The highest BCUT2D eigenvalue weighted by Crippen LogP contribution is 2.26. The third-order valence-corrected chi connectivity index (χ3v) is 5.85. The van der Waals surface area contributed by atoms with E-state index in [-0.39, 0.29) is 11.7 Å². The van der Waals surface area contributed by atoms with Crippen molar-refractivity contribution in [3.05, 3.63) is 71.7 Å². The van der Waals surface area contributed by atoms with Crippen LogP contribution in [0.3, 0.4) is 0 Å². The number of benzene rings is 2. The SMILES string of the molecule is Cc1ccc(-c2cc(NC(=O)CSc3nncs3)n(-c3ccccc3)n2)cc1. The van der Waals surface area contributed by atoms with Crippen LogP contribution in [0.15, 0.2) is 70.5 Å². The van der Waals surface area contributed by atoms with Gasteiger partial charge in [-0.1, -0.05) is 71.1 Å². The predicted molar refractivity (Wildman–Crippen MR) is 113 cm³/mol. The van der Waals surface area contributed by atoms with Gasteiger partial charge >= 0.3 is 0 Å². The van der Waals surface area contributed by atoms with Crippen molar-refractivity contribution in [2.75, 3.05) is 11.1 Å². The Kier molecular flexibility index (Phi) is 5.50. The number of hydrogen-bond donors (Lipinski definition) is 1. The van der Waals surface area contributed by atoms with Gasteiger partial charge in [0.2, 0.25) is 5.91 Å². The number of carbonyl (C=O) groups is 1. The van der Waals surface area contributed by atoms with Crippen LogP contribution in [0.2, 0.25) is 0 Å². The van der Waals surface area contributed by atoms with Crippen LogP contribution in [-0.2, 0) is 4.79 Å². The number of nitrogens with one attached hydrogen (secondary N) is 1. The van der Waals surface area contributed by atoms with Gasteiger partial charge in [-0.15, -0.1) is 10.2 Å². The molecule has 0 aliphatic carbocycles. The minimum Gasteiger partial charge on any atom is -0.310 e. The summed E-state index contributed by atoms with van der Waals surface area (Å²) in [6.07, 6.45) is 0. The van der Waals surface area contributed by atoms with Gasteiger partial charge in [0.15, 0.2) is 4.34 Å². The van der Waals surface area contributed by atoms with Crippen LogP contribution in [0.25, 0.3) is 16.9 Å². The summed E-state index contributed by atoms with van der Waals surface area (Å²) in [4.78, 5) is 12.5. The fourth-order valence-corrected chi connectivity index (χ4v) is 3.92. The van der Waals surface area contributed by atoms with Gasteiger partial charge in [-0.2, -0.15) is 5.10 Å². The average Bonchev–Trinajstić information content (AvgIpc) is 3.38. The van der Waals surface area contributed by atoms with E-state index < -0.39 is 0 Å². The first kappa shape index (κ1) is 18.4. The molecule has 2 aromatic heterocycles. The molecule has 0 spiro atoms. The molecule has 0 atom stereocenters. The van der Waals surface area contributed by atoms with Gasteiger partial charge in [-0.25, -0.2) is 4.68 Å². The normalized spacial score (nSPS) is 10.8. The molecule has 0 saturated heterocycles. The van der Waals surface area contributed by atoms with E-state index in [0.29, 0.717) is 5.82 Å². The van der Waals surface area contributed by atoms with Crippen LogP contribution in [0, 0.1) is 6.92 Å². The summed E-state index contributed by atoms with van der Waals surface area (Å²) < 4.78 is 2.52. The second-order valence-corrected chi connectivity index (χ2v) is 8.13. The fourth-order valence-electron chi connectivity index (χ4n) is 2.63. The zero-order chi connectivity index (χ0) is 19.3. The number of rotatable bonds is 6. The van der Waals surface area contributed by atoms with Crippen molar-refractivity contribution in [1.82, 2.24) is 20.0 Å². The molecule has 1 amide bonds. The largest absolute Gasteiger partial charge is 0.310 e. The highest BCUT2D eigenvalue weighted by atomic mass is 32.2. The summed E-state index contributed by atoms with van der Waals surface area (Å²) in [5, 5.41) is 15.4. The van der Waals surface area contributed by atoms with Gasteiger partial charge in [-0.05, 0) is 19.1 Å². The van der Waals surface area contributed by atoms with Crippen molar-refractivity contribution in [2.24, 2.45) is 0 Å². The first-order valence-corrected chi connectivity index (χ1v) is 10.5. The van der Waals surface area contributed by atoms with Crippen LogP contribution in [0.4, 0.5) is 5.82 Å². The van der Waals surface area contributed by atoms with Crippen LogP contribution in [0.5, 0.6) is 0 Å². The Morgan fingerprint density at radius 2 is 1.93 bits per heavy atom. The summed E-state index contributed by atoms with van der Waals surface area (Å²) in [5.74, 6) is 0.770. The van der Waals surface area contributed by atoms with E-state index in [0.717, 1.165) is 21.3 Å². The first-order chi connectivity index (χ1) is 13.7. The summed E-state index contributed by atoms with van der Waals surface area (Å²) in [6, 6.07) is 19.8. The topological polar surface area (TPSA) is 72.7 Å². The molecule has 0 saturated carbocycles. The fraction of sp³-hybridized carbons (Fsp3) is 0.100. The van der Waals surface area contributed by atoms with E-state index >= 15 is 0 Å². The van der Waals surface area contributed by atoms with E-state index in [1.54, 1.807) is 10.2 Å². The number of thioether (sulfide) groups is 1. The molecular formula is C20H17N5OS2. The molecule has 0 aliphatic heterocycles. The zero-order valence-electron chi connectivity index (χ0n) is 15.1. The highest BCUT2D eigenvalue weighted by molar-refractivity contribution is 8.01. The molecule has 2 aromatic carbocycles. The van der Waals surface area contributed by atoms with E-state index in [9.17, 15) is 4.79 Å². The minimum absolute atomic E-state index is 0.118. The molecule has 0 aliphatic rings. The monoisotopic (exact) mass is 407 g/mol. The lowest BCUT2D eigenvalue weighted by atomic mass is 10.1. The van der Waals surface area contributed by atoms with Crippen LogP contribution < -0.4 is 5.32 Å². The molecule has 0 unspecified atom stereocenters. The highest BCUT2D eigenvalue weighted by Gasteiger charge is 2.14. The molecule has 140 valence electrons. The van der Waals surface area contributed by atoms with Gasteiger partial charge in [0.25, 0.3) is 0 Å². The van der Waals surface area contributed by atoms with Crippen LogP contribution in [0.1, 0.15) is 5.56 Å².